The number of aromatic nitrogens is 5. The minimum atomic E-state index is -0.722. The van der Waals surface area contributed by atoms with Gasteiger partial charge in [-0.2, -0.15) is 4.68 Å². The van der Waals surface area contributed by atoms with Crippen LogP contribution in [0.1, 0.15) is 56.3 Å². The number of nitrogens with zero attached hydrogens (tertiary/aromatic N) is 5. The zero-order chi connectivity index (χ0) is 36.2. The lowest BCUT2D eigenvalue weighted by Gasteiger charge is -2.21. The molecule has 0 saturated heterocycles. The smallest absolute Gasteiger partial charge is 0.411 e. The van der Waals surface area contributed by atoms with Crippen LogP contribution in [0.4, 0.5) is 20.6 Å². The highest BCUT2D eigenvalue weighted by Gasteiger charge is 2.24. The fourth-order valence-corrected chi connectivity index (χ4v) is 5.75. The third-order valence-corrected chi connectivity index (χ3v) is 8.34. The van der Waals surface area contributed by atoms with Gasteiger partial charge in [0.05, 0.1) is 35.7 Å². The quantitative estimate of drug-likeness (QED) is 0.101. The van der Waals surface area contributed by atoms with Crippen LogP contribution in [-0.4, -0.2) is 76.1 Å². The Kier molecular flexibility index (Phi) is 13.0. The van der Waals surface area contributed by atoms with E-state index in [0.717, 1.165) is 17.5 Å². The molecule has 2 aromatic heterocycles. The van der Waals surface area contributed by atoms with Gasteiger partial charge in [-0.25, -0.2) is 14.0 Å². The van der Waals surface area contributed by atoms with Gasteiger partial charge in [0, 0.05) is 41.9 Å². The summed E-state index contributed by atoms with van der Waals surface area (Å²) in [6.45, 7) is 2.32. The summed E-state index contributed by atoms with van der Waals surface area (Å²) in [4.78, 5) is 43.4. The van der Waals surface area contributed by atoms with Crippen molar-refractivity contribution in [2.24, 2.45) is 0 Å². The van der Waals surface area contributed by atoms with E-state index < -0.39 is 29.9 Å². The molecular weight excluding hydrogens is 683 g/mol. The Balaban J connectivity index is 1.44. The maximum Gasteiger partial charge on any atom is 0.411 e. The maximum absolute atomic E-state index is 15.1. The molecule has 14 nitrogen and oxygen atoms in total. The number of fused-ring (bicyclic) bond motifs is 4. The van der Waals surface area contributed by atoms with Crippen LogP contribution in [0.3, 0.4) is 0 Å². The highest BCUT2D eigenvalue weighted by atomic mass is 35.5. The van der Waals surface area contributed by atoms with Crippen LogP contribution < -0.4 is 16.0 Å². The minimum Gasteiger partial charge on any atom is -0.464 e. The Morgan fingerprint density at radius 1 is 1.08 bits per heavy atom. The molecule has 3 heterocycles. The van der Waals surface area contributed by atoms with Crippen LogP contribution in [-0.2, 0) is 23.8 Å². The third-order valence-electron chi connectivity index (χ3n) is 8.05. The Hall–Kier alpha value is -5.41. The number of benzene rings is 2. The number of carbonyl (C=O) groups is 3. The van der Waals surface area contributed by atoms with E-state index in [-0.39, 0.29) is 36.4 Å². The topological polar surface area (TPSA) is 171 Å². The van der Waals surface area contributed by atoms with Gasteiger partial charge in [0.25, 0.3) is 0 Å². The zero-order valence-corrected chi connectivity index (χ0v) is 28.9. The average molecular weight is 721 g/mol. The highest BCUT2D eigenvalue weighted by Crippen LogP contribution is 2.34. The van der Waals surface area contributed by atoms with Gasteiger partial charge in [0.1, 0.15) is 19.0 Å². The second-order valence-corrected chi connectivity index (χ2v) is 11.9. The first kappa shape index (κ1) is 36.9. The second-order valence-electron chi connectivity index (χ2n) is 11.5. The number of nitrogens with one attached hydrogen (secondary N) is 3. The molecule has 51 heavy (non-hydrogen) atoms. The van der Waals surface area contributed by atoms with E-state index in [1.165, 1.54) is 36.3 Å². The number of rotatable bonds is 10. The van der Waals surface area contributed by atoms with Gasteiger partial charge < -0.3 is 24.8 Å². The lowest BCUT2D eigenvalue weighted by Crippen LogP contribution is -2.31. The number of tetrazole rings is 1. The molecule has 0 spiro atoms. The molecule has 0 fully saturated rings. The Labute approximate surface area is 298 Å². The van der Waals surface area contributed by atoms with Crippen molar-refractivity contribution in [2.45, 2.75) is 51.1 Å². The predicted molar refractivity (Wildman–Crippen MR) is 188 cm³/mol. The van der Waals surface area contributed by atoms with E-state index in [2.05, 4.69) is 36.5 Å². The summed E-state index contributed by atoms with van der Waals surface area (Å²) in [5.41, 5.74) is 3.44. The van der Waals surface area contributed by atoms with E-state index in [1.54, 1.807) is 31.3 Å². The molecule has 0 radical (unpaired) electrons. The molecule has 2 aromatic carbocycles. The lowest BCUT2D eigenvalue weighted by atomic mass is 9.99. The Morgan fingerprint density at radius 2 is 1.92 bits per heavy atom. The van der Waals surface area contributed by atoms with Crippen LogP contribution in [0, 0.1) is 5.82 Å². The highest BCUT2D eigenvalue weighted by molar-refractivity contribution is 6.31. The number of esters is 1. The van der Waals surface area contributed by atoms with Gasteiger partial charge in [0.15, 0.2) is 5.82 Å². The molecule has 4 aromatic rings. The van der Waals surface area contributed by atoms with Crippen molar-refractivity contribution < 1.29 is 33.0 Å². The van der Waals surface area contributed by atoms with Crippen molar-refractivity contribution in [3.8, 4) is 16.8 Å². The standard InChI is InChI=1S/C35H38ClFN8O6/c1-3-50-34(47)28-8-6-4-5-7-27(42-32(46)14-11-25-31(45-21-39-43-44-45)13-12-26(36)33(25)37)30-19-22(15-16-38-30)24-10-9-23(20-29(24)41-28)40-35(48)51-18-17-49-2/h9-16,19-21,27-28,41H,3-8,17-18H2,1-2H3,(H,40,48)(H,42,46)/b14-11+/t27-,28-/m0/s1. The lowest BCUT2D eigenvalue weighted by molar-refractivity contribution is -0.144. The number of hydrogen-bond acceptors (Lipinski definition) is 11. The predicted octanol–water partition coefficient (Wildman–Crippen LogP) is 5.89. The molecule has 0 saturated carbocycles. The molecule has 0 unspecified atom stereocenters. The number of methoxy groups -OCH3 is 1. The first-order valence-corrected chi connectivity index (χ1v) is 16.8. The molecule has 3 N–H and O–H groups in total. The SMILES string of the molecule is CCOC(=O)[C@@H]1CCCCC[C@H](NC(=O)/C=C/c2c(-n3cnnn3)ccc(Cl)c2F)c2cc(ccn2)-c2ccc(NC(=O)OCCOC)cc2N1. The first-order valence-electron chi connectivity index (χ1n) is 16.4. The van der Waals surface area contributed by atoms with Crippen LogP contribution in [0.25, 0.3) is 22.9 Å². The molecule has 16 heteroatoms. The number of amides is 2. The molecule has 2 amide bonds. The van der Waals surface area contributed by atoms with Crippen LogP contribution >= 0.6 is 11.6 Å². The molecule has 268 valence electrons. The monoisotopic (exact) mass is 720 g/mol. The summed E-state index contributed by atoms with van der Waals surface area (Å²) in [7, 11) is 1.51. The first-order chi connectivity index (χ1) is 24.8. The molecule has 5 rings (SSSR count). The molecule has 1 aliphatic heterocycles. The molecule has 0 aliphatic carbocycles. The van der Waals surface area contributed by atoms with Gasteiger partial charge >= 0.3 is 12.1 Å². The molecule has 1 aliphatic rings. The van der Waals surface area contributed by atoms with Crippen molar-refractivity contribution in [1.82, 2.24) is 30.5 Å². The fraction of sp³-hybridized carbons (Fsp3) is 0.343. The average Bonchev–Trinajstić information content (AvgIpc) is 3.66. The molecule has 2 bridgehead atoms. The number of carbonyl (C=O) groups excluding carboxylic acids is 3. The summed E-state index contributed by atoms with van der Waals surface area (Å²) in [6.07, 6.45) is 8.06. The number of anilines is 2. The van der Waals surface area contributed by atoms with Gasteiger partial charge in [-0.15, -0.1) is 5.10 Å². The largest absolute Gasteiger partial charge is 0.464 e. The van der Waals surface area contributed by atoms with E-state index in [1.807, 2.05) is 18.2 Å². The Morgan fingerprint density at radius 3 is 2.71 bits per heavy atom. The van der Waals surface area contributed by atoms with E-state index in [9.17, 15) is 14.4 Å². The van der Waals surface area contributed by atoms with Gasteiger partial charge in [-0.3, -0.25) is 15.1 Å². The maximum atomic E-state index is 15.1. The van der Waals surface area contributed by atoms with Crippen molar-refractivity contribution in [3.63, 3.8) is 0 Å². The van der Waals surface area contributed by atoms with Crippen LogP contribution in [0.15, 0.2) is 61.1 Å². The van der Waals surface area contributed by atoms with Crippen LogP contribution in [0.2, 0.25) is 5.02 Å². The number of hydrogen-bond donors (Lipinski definition) is 3. The van der Waals surface area contributed by atoms with Crippen LogP contribution in [0.5, 0.6) is 0 Å². The van der Waals surface area contributed by atoms with Gasteiger partial charge in [-0.05, 0) is 78.2 Å². The minimum absolute atomic E-state index is 0.0392. The van der Waals surface area contributed by atoms with Crippen molar-refractivity contribution in [1.29, 1.82) is 0 Å². The van der Waals surface area contributed by atoms with E-state index >= 15 is 4.39 Å². The van der Waals surface area contributed by atoms with E-state index in [0.29, 0.717) is 48.4 Å². The summed E-state index contributed by atoms with van der Waals surface area (Å²) in [5, 5.41) is 20.0. The second kappa shape index (κ2) is 18.0. The molecule has 2 atom stereocenters. The third kappa shape index (κ3) is 9.86. The van der Waals surface area contributed by atoms with E-state index in [4.69, 9.17) is 25.8 Å². The number of pyridine rings is 1. The summed E-state index contributed by atoms with van der Waals surface area (Å²) in [6, 6.07) is 10.7. The number of ether oxygens (including phenoxy) is 3. The van der Waals surface area contributed by atoms with Crippen molar-refractivity contribution in [2.75, 3.05) is 37.6 Å². The van der Waals surface area contributed by atoms with Gasteiger partial charge in [-0.1, -0.05) is 36.9 Å². The number of halogens is 2. The summed E-state index contributed by atoms with van der Waals surface area (Å²) < 4.78 is 31.9. The molecular formula is C35H38ClFN8O6. The normalized spacial score (nSPS) is 16.1. The van der Waals surface area contributed by atoms with Crippen molar-refractivity contribution in [3.05, 3.63) is 83.2 Å². The van der Waals surface area contributed by atoms with Gasteiger partial charge in [0.2, 0.25) is 5.91 Å². The fourth-order valence-electron chi connectivity index (χ4n) is 5.58. The zero-order valence-electron chi connectivity index (χ0n) is 28.1. The Bertz CT molecular complexity index is 1860. The van der Waals surface area contributed by atoms with Crippen molar-refractivity contribution >= 4 is 47.0 Å². The summed E-state index contributed by atoms with van der Waals surface area (Å²) >= 11 is 6.05. The summed E-state index contributed by atoms with van der Waals surface area (Å²) in [5.74, 6) is -1.58.